The first-order valence-corrected chi connectivity index (χ1v) is 8.34. The Morgan fingerprint density at radius 3 is 2.38 bits per heavy atom. The van der Waals surface area contributed by atoms with Gasteiger partial charge in [-0.3, -0.25) is 9.78 Å². The van der Waals surface area contributed by atoms with Gasteiger partial charge in [-0.2, -0.15) is 0 Å². The number of rotatable bonds is 4. The molecule has 3 rings (SSSR count). The normalized spacial score (nSPS) is 20.4. The van der Waals surface area contributed by atoms with Crippen LogP contribution in [0.15, 0.2) is 18.5 Å². The van der Waals surface area contributed by atoms with Crippen molar-refractivity contribution in [1.29, 1.82) is 0 Å². The number of aromatic nitrogens is 1. The van der Waals surface area contributed by atoms with Crippen LogP contribution in [0.5, 0.6) is 0 Å². The Kier molecular flexibility index (Phi) is 4.73. The van der Waals surface area contributed by atoms with Gasteiger partial charge in [0.25, 0.3) is 5.91 Å². The third kappa shape index (κ3) is 3.96. The average molecular weight is 287 g/mol. The maximum Gasteiger partial charge on any atom is 0.253 e. The molecule has 4 nitrogen and oxygen atoms in total. The fourth-order valence-electron chi connectivity index (χ4n) is 3.46. The summed E-state index contributed by atoms with van der Waals surface area (Å²) in [5.41, 5.74) is 1.64. The van der Waals surface area contributed by atoms with Gasteiger partial charge in [0.15, 0.2) is 0 Å². The highest BCUT2D eigenvalue weighted by atomic mass is 16.1. The summed E-state index contributed by atoms with van der Waals surface area (Å²) in [6.45, 7) is 0. The van der Waals surface area contributed by atoms with Crippen LogP contribution in [0.4, 0.5) is 5.69 Å². The summed E-state index contributed by atoms with van der Waals surface area (Å²) in [5.74, 6) is 0.0180. The Hall–Kier alpha value is -1.58. The van der Waals surface area contributed by atoms with Crippen LogP contribution in [-0.2, 0) is 0 Å². The van der Waals surface area contributed by atoms with E-state index < -0.39 is 0 Å². The van der Waals surface area contributed by atoms with Crippen LogP contribution in [0.1, 0.15) is 68.1 Å². The average Bonchev–Trinajstić information content (AvgIpc) is 3.01. The van der Waals surface area contributed by atoms with E-state index in [1.807, 2.05) is 12.3 Å². The molecule has 2 saturated carbocycles. The number of amides is 1. The molecule has 0 radical (unpaired) electrons. The number of nitrogens with zero attached hydrogens (tertiary/aromatic N) is 1. The van der Waals surface area contributed by atoms with Crippen LogP contribution in [-0.4, -0.2) is 23.0 Å². The second kappa shape index (κ2) is 6.92. The molecule has 1 aromatic heterocycles. The van der Waals surface area contributed by atoms with Gasteiger partial charge in [0.2, 0.25) is 0 Å². The minimum atomic E-state index is 0.0180. The van der Waals surface area contributed by atoms with Gasteiger partial charge >= 0.3 is 0 Å². The molecule has 0 aromatic carbocycles. The van der Waals surface area contributed by atoms with Crippen molar-refractivity contribution in [3.63, 3.8) is 0 Å². The summed E-state index contributed by atoms with van der Waals surface area (Å²) in [4.78, 5) is 16.5. The van der Waals surface area contributed by atoms with Gasteiger partial charge in [-0.1, -0.05) is 32.1 Å². The Morgan fingerprint density at radius 2 is 1.62 bits per heavy atom. The van der Waals surface area contributed by atoms with Crippen LogP contribution in [0, 0.1) is 0 Å². The zero-order chi connectivity index (χ0) is 14.5. The van der Waals surface area contributed by atoms with Crippen molar-refractivity contribution < 1.29 is 4.79 Å². The SMILES string of the molecule is O=C(NC1CCCCC1)c1cncc(NC2CCCC2)c1. The van der Waals surface area contributed by atoms with E-state index in [4.69, 9.17) is 0 Å². The van der Waals surface area contributed by atoms with Crippen LogP contribution < -0.4 is 10.6 Å². The fourth-order valence-corrected chi connectivity index (χ4v) is 3.46. The summed E-state index contributed by atoms with van der Waals surface area (Å²) in [5, 5.41) is 6.65. The zero-order valence-electron chi connectivity index (χ0n) is 12.6. The lowest BCUT2D eigenvalue weighted by molar-refractivity contribution is 0.0927. The Bertz CT molecular complexity index is 477. The molecular weight excluding hydrogens is 262 g/mol. The lowest BCUT2D eigenvalue weighted by Crippen LogP contribution is -2.36. The fraction of sp³-hybridized carbons (Fsp3) is 0.647. The molecule has 2 N–H and O–H groups in total. The Morgan fingerprint density at radius 1 is 0.952 bits per heavy atom. The molecule has 0 spiro atoms. The van der Waals surface area contributed by atoms with Crippen molar-refractivity contribution >= 4 is 11.6 Å². The molecule has 1 heterocycles. The topological polar surface area (TPSA) is 54.0 Å². The smallest absolute Gasteiger partial charge is 0.253 e. The lowest BCUT2D eigenvalue weighted by Gasteiger charge is -2.22. The van der Waals surface area contributed by atoms with Gasteiger partial charge in [-0.15, -0.1) is 0 Å². The van der Waals surface area contributed by atoms with Crippen LogP contribution in [0.2, 0.25) is 0 Å². The van der Waals surface area contributed by atoms with Gasteiger partial charge in [0.1, 0.15) is 0 Å². The van der Waals surface area contributed by atoms with E-state index in [9.17, 15) is 4.79 Å². The summed E-state index contributed by atoms with van der Waals surface area (Å²) in [6, 6.07) is 2.82. The Labute approximate surface area is 126 Å². The summed E-state index contributed by atoms with van der Waals surface area (Å²) >= 11 is 0. The number of hydrogen-bond donors (Lipinski definition) is 2. The number of carbonyl (C=O) groups is 1. The first-order chi connectivity index (χ1) is 10.3. The number of hydrogen-bond acceptors (Lipinski definition) is 3. The van der Waals surface area contributed by atoms with Crippen molar-refractivity contribution in [3.05, 3.63) is 24.0 Å². The molecule has 0 aliphatic heterocycles. The summed E-state index contributed by atoms with van der Waals surface area (Å²) < 4.78 is 0. The molecule has 0 bridgehead atoms. The molecule has 114 valence electrons. The molecule has 0 unspecified atom stereocenters. The number of nitrogens with one attached hydrogen (secondary N) is 2. The first-order valence-electron chi connectivity index (χ1n) is 8.34. The third-order valence-electron chi connectivity index (χ3n) is 4.67. The minimum absolute atomic E-state index is 0.0180. The van der Waals surface area contributed by atoms with E-state index in [-0.39, 0.29) is 5.91 Å². The number of anilines is 1. The highest BCUT2D eigenvalue weighted by molar-refractivity contribution is 5.94. The van der Waals surface area contributed by atoms with Gasteiger partial charge in [0.05, 0.1) is 11.3 Å². The van der Waals surface area contributed by atoms with Gasteiger partial charge in [0, 0.05) is 24.5 Å². The molecule has 0 atom stereocenters. The zero-order valence-corrected chi connectivity index (χ0v) is 12.6. The van der Waals surface area contributed by atoms with E-state index in [2.05, 4.69) is 15.6 Å². The Balaban J connectivity index is 1.59. The van der Waals surface area contributed by atoms with E-state index >= 15 is 0 Å². The van der Waals surface area contributed by atoms with Crippen molar-refractivity contribution in [2.24, 2.45) is 0 Å². The minimum Gasteiger partial charge on any atom is -0.381 e. The highest BCUT2D eigenvalue weighted by Crippen LogP contribution is 2.22. The first kappa shape index (κ1) is 14.4. The highest BCUT2D eigenvalue weighted by Gasteiger charge is 2.18. The third-order valence-corrected chi connectivity index (χ3v) is 4.67. The molecule has 2 fully saturated rings. The largest absolute Gasteiger partial charge is 0.381 e. The van der Waals surface area contributed by atoms with E-state index in [0.717, 1.165) is 18.5 Å². The molecule has 2 aliphatic rings. The van der Waals surface area contributed by atoms with Gasteiger partial charge < -0.3 is 10.6 Å². The van der Waals surface area contributed by atoms with Gasteiger partial charge in [-0.25, -0.2) is 0 Å². The van der Waals surface area contributed by atoms with Gasteiger partial charge in [-0.05, 0) is 31.7 Å². The lowest BCUT2D eigenvalue weighted by atomic mass is 9.95. The van der Waals surface area contributed by atoms with E-state index in [0.29, 0.717) is 17.6 Å². The standard InChI is InChI=1S/C17H25N3O/c21-17(20-15-6-2-1-3-7-15)13-10-16(12-18-11-13)19-14-8-4-5-9-14/h10-12,14-15,19H,1-9H2,(H,20,21). The van der Waals surface area contributed by atoms with Crippen molar-refractivity contribution in [2.45, 2.75) is 69.9 Å². The van der Waals surface area contributed by atoms with E-state index in [1.54, 1.807) is 6.20 Å². The predicted octanol–water partition coefficient (Wildman–Crippen LogP) is 3.50. The monoisotopic (exact) mass is 287 g/mol. The van der Waals surface area contributed by atoms with Crippen molar-refractivity contribution in [3.8, 4) is 0 Å². The van der Waals surface area contributed by atoms with E-state index in [1.165, 1.54) is 44.9 Å². The summed E-state index contributed by atoms with van der Waals surface area (Å²) in [7, 11) is 0. The van der Waals surface area contributed by atoms with Crippen molar-refractivity contribution in [2.75, 3.05) is 5.32 Å². The van der Waals surface area contributed by atoms with Crippen molar-refractivity contribution in [1.82, 2.24) is 10.3 Å². The predicted molar refractivity (Wildman–Crippen MR) is 84.5 cm³/mol. The maximum atomic E-state index is 12.3. The molecule has 21 heavy (non-hydrogen) atoms. The van der Waals surface area contributed by atoms with Crippen LogP contribution in [0.3, 0.4) is 0 Å². The maximum absolute atomic E-state index is 12.3. The molecular formula is C17H25N3O. The molecule has 2 aliphatic carbocycles. The second-order valence-electron chi connectivity index (χ2n) is 6.40. The quantitative estimate of drug-likeness (QED) is 0.891. The number of carbonyl (C=O) groups excluding carboxylic acids is 1. The van der Waals surface area contributed by atoms with Crippen LogP contribution >= 0.6 is 0 Å². The molecule has 1 amide bonds. The second-order valence-corrected chi connectivity index (χ2v) is 6.40. The molecule has 0 saturated heterocycles. The molecule has 4 heteroatoms. The molecule has 1 aromatic rings. The van der Waals surface area contributed by atoms with Crippen LogP contribution in [0.25, 0.3) is 0 Å². The number of pyridine rings is 1. The summed E-state index contributed by atoms with van der Waals surface area (Å²) in [6.07, 6.45) is 14.5.